The van der Waals surface area contributed by atoms with E-state index in [2.05, 4.69) is 6.92 Å². The molecular formula is C14H20ClNO2. The lowest BCUT2D eigenvalue weighted by atomic mass is 9.97. The molecule has 0 amide bonds. The molecule has 4 heteroatoms. The first kappa shape index (κ1) is 14.8. The zero-order chi connectivity index (χ0) is 13.5. The van der Waals surface area contributed by atoms with Crippen molar-refractivity contribution in [3.8, 4) is 0 Å². The molecule has 0 bridgehead atoms. The molecule has 1 rings (SSSR count). The van der Waals surface area contributed by atoms with Gasteiger partial charge in [0.25, 0.3) is 0 Å². The second-order valence-electron chi connectivity index (χ2n) is 4.46. The molecule has 1 aromatic rings. The zero-order valence-electron chi connectivity index (χ0n) is 10.9. The highest BCUT2D eigenvalue weighted by Crippen LogP contribution is 2.26. The van der Waals surface area contributed by atoms with Crippen LogP contribution < -0.4 is 5.73 Å². The van der Waals surface area contributed by atoms with Crippen molar-refractivity contribution in [2.24, 2.45) is 0 Å². The summed E-state index contributed by atoms with van der Waals surface area (Å²) in [6, 6.07) is 5.46. The second kappa shape index (κ2) is 7.27. The fourth-order valence-corrected chi connectivity index (χ4v) is 1.74. The van der Waals surface area contributed by atoms with Crippen LogP contribution in [0.4, 0.5) is 5.69 Å². The molecule has 1 atom stereocenters. The topological polar surface area (TPSA) is 52.3 Å². The Morgan fingerprint density at radius 3 is 2.83 bits per heavy atom. The lowest BCUT2D eigenvalue weighted by molar-refractivity contribution is -0.144. The van der Waals surface area contributed by atoms with Gasteiger partial charge in [-0.05, 0) is 30.0 Å². The molecule has 0 aromatic heterocycles. The third-order valence-corrected chi connectivity index (χ3v) is 3.17. The molecule has 0 heterocycles. The van der Waals surface area contributed by atoms with E-state index in [0.717, 1.165) is 18.4 Å². The van der Waals surface area contributed by atoms with Gasteiger partial charge >= 0.3 is 5.97 Å². The summed E-state index contributed by atoms with van der Waals surface area (Å²) in [7, 11) is 0. The highest BCUT2D eigenvalue weighted by Gasteiger charge is 2.13. The van der Waals surface area contributed by atoms with Crippen LogP contribution in [0.3, 0.4) is 0 Å². The third kappa shape index (κ3) is 4.57. The van der Waals surface area contributed by atoms with Gasteiger partial charge < -0.3 is 10.5 Å². The number of hydrogen-bond donors (Lipinski definition) is 1. The number of unbranched alkanes of at least 4 members (excludes halogenated alkanes) is 1. The maximum atomic E-state index is 11.6. The van der Waals surface area contributed by atoms with E-state index in [9.17, 15) is 4.79 Å². The summed E-state index contributed by atoms with van der Waals surface area (Å²) >= 11 is 5.86. The van der Waals surface area contributed by atoms with Crippen LogP contribution >= 0.6 is 11.6 Å². The summed E-state index contributed by atoms with van der Waals surface area (Å²) in [5.41, 5.74) is 7.29. The fourth-order valence-electron chi connectivity index (χ4n) is 1.63. The summed E-state index contributed by atoms with van der Waals surface area (Å²) < 4.78 is 5.13. The smallest absolute Gasteiger partial charge is 0.306 e. The van der Waals surface area contributed by atoms with Crippen LogP contribution in [0.2, 0.25) is 5.02 Å². The summed E-state index contributed by atoms with van der Waals surface area (Å²) in [5.74, 6) is -0.0804. The van der Waals surface area contributed by atoms with Crippen LogP contribution in [0, 0.1) is 0 Å². The number of carbonyl (C=O) groups is 1. The number of carbonyl (C=O) groups excluding carboxylic acids is 1. The Balaban J connectivity index is 2.51. The average Bonchev–Trinajstić information content (AvgIpc) is 2.33. The van der Waals surface area contributed by atoms with Crippen molar-refractivity contribution >= 4 is 23.3 Å². The van der Waals surface area contributed by atoms with Gasteiger partial charge in [0.2, 0.25) is 0 Å². The summed E-state index contributed by atoms with van der Waals surface area (Å²) in [6.07, 6.45) is 2.30. The van der Waals surface area contributed by atoms with Crippen molar-refractivity contribution in [1.82, 2.24) is 0 Å². The normalized spacial score (nSPS) is 12.2. The predicted octanol–water partition coefficient (Wildman–Crippen LogP) is 3.76. The minimum absolute atomic E-state index is 0.0821. The molecule has 0 saturated carbocycles. The second-order valence-corrected chi connectivity index (χ2v) is 4.87. The number of ether oxygens (including phenoxy) is 1. The number of nitrogens with two attached hydrogens (primary N) is 1. The van der Waals surface area contributed by atoms with E-state index < -0.39 is 0 Å². The lowest BCUT2D eigenvalue weighted by Crippen LogP contribution is -2.09. The standard InChI is InChI=1S/C14H20ClNO2/c1-3-4-7-18-14(17)8-10(2)11-5-6-12(15)13(16)9-11/h5-6,9-10H,3-4,7-8,16H2,1-2H3/t10-/m0/s1. The van der Waals surface area contributed by atoms with Gasteiger partial charge in [0.05, 0.1) is 23.7 Å². The molecule has 3 nitrogen and oxygen atoms in total. The quantitative estimate of drug-likeness (QED) is 0.486. The highest BCUT2D eigenvalue weighted by atomic mass is 35.5. The SMILES string of the molecule is CCCCOC(=O)C[C@H](C)c1ccc(Cl)c(N)c1. The van der Waals surface area contributed by atoms with Crippen molar-refractivity contribution in [2.45, 2.75) is 39.0 Å². The number of hydrogen-bond acceptors (Lipinski definition) is 3. The van der Waals surface area contributed by atoms with Crippen LogP contribution in [-0.4, -0.2) is 12.6 Å². The first-order valence-electron chi connectivity index (χ1n) is 6.25. The number of benzene rings is 1. The molecule has 18 heavy (non-hydrogen) atoms. The van der Waals surface area contributed by atoms with E-state index in [1.165, 1.54) is 0 Å². The summed E-state index contributed by atoms with van der Waals surface area (Å²) in [5, 5.41) is 0.538. The molecular weight excluding hydrogens is 250 g/mol. The molecule has 100 valence electrons. The van der Waals surface area contributed by atoms with Gasteiger partial charge in [0.15, 0.2) is 0 Å². The lowest BCUT2D eigenvalue weighted by Gasteiger charge is -2.12. The minimum Gasteiger partial charge on any atom is -0.466 e. The molecule has 0 radical (unpaired) electrons. The number of esters is 1. The third-order valence-electron chi connectivity index (χ3n) is 2.82. The van der Waals surface area contributed by atoms with Crippen LogP contribution in [-0.2, 0) is 9.53 Å². The number of anilines is 1. The van der Waals surface area contributed by atoms with E-state index in [4.69, 9.17) is 22.1 Å². The van der Waals surface area contributed by atoms with Crippen LogP contribution in [0.5, 0.6) is 0 Å². The van der Waals surface area contributed by atoms with E-state index in [-0.39, 0.29) is 11.9 Å². The molecule has 0 saturated heterocycles. The Kier molecular flexibility index (Phi) is 5.99. The van der Waals surface area contributed by atoms with E-state index in [0.29, 0.717) is 23.7 Å². The van der Waals surface area contributed by atoms with Crippen molar-refractivity contribution in [3.05, 3.63) is 28.8 Å². The monoisotopic (exact) mass is 269 g/mol. The van der Waals surface area contributed by atoms with Gasteiger partial charge in [0.1, 0.15) is 0 Å². The number of halogens is 1. The van der Waals surface area contributed by atoms with Crippen LogP contribution in [0.15, 0.2) is 18.2 Å². The van der Waals surface area contributed by atoms with E-state index in [1.807, 2.05) is 19.1 Å². The minimum atomic E-state index is -0.163. The zero-order valence-corrected chi connectivity index (χ0v) is 11.7. The fraction of sp³-hybridized carbons (Fsp3) is 0.500. The average molecular weight is 270 g/mol. The van der Waals surface area contributed by atoms with E-state index in [1.54, 1.807) is 6.07 Å². The Labute approximate surface area is 113 Å². The molecule has 0 spiro atoms. The molecule has 0 aliphatic heterocycles. The Bertz CT molecular complexity index is 407. The molecule has 0 aliphatic carbocycles. The summed E-state index contributed by atoms with van der Waals surface area (Å²) in [6.45, 7) is 4.54. The highest BCUT2D eigenvalue weighted by molar-refractivity contribution is 6.33. The first-order valence-corrected chi connectivity index (χ1v) is 6.63. The van der Waals surface area contributed by atoms with Gasteiger partial charge in [-0.1, -0.05) is 37.9 Å². The molecule has 0 fully saturated rings. The first-order chi connectivity index (χ1) is 8.54. The van der Waals surface area contributed by atoms with Crippen molar-refractivity contribution in [2.75, 3.05) is 12.3 Å². The van der Waals surface area contributed by atoms with Crippen molar-refractivity contribution < 1.29 is 9.53 Å². The van der Waals surface area contributed by atoms with Gasteiger partial charge in [-0.3, -0.25) is 4.79 Å². The number of rotatable bonds is 6. The Hall–Kier alpha value is -1.22. The van der Waals surface area contributed by atoms with E-state index >= 15 is 0 Å². The van der Waals surface area contributed by atoms with Gasteiger partial charge in [-0.15, -0.1) is 0 Å². The maximum absolute atomic E-state index is 11.6. The van der Waals surface area contributed by atoms with Gasteiger partial charge in [-0.25, -0.2) is 0 Å². The largest absolute Gasteiger partial charge is 0.466 e. The molecule has 0 unspecified atom stereocenters. The molecule has 0 aliphatic rings. The predicted molar refractivity (Wildman–Crippen MR) is 74.8 cm³/mol. The Morgan fingerprint density at radius 2 is 2.22 bits per heavy atom. The van der Waals surface area contributed by atoms with Crippen LogP contribution in [0.25, 0.3) is 0 Å². The molecule has 2 N–H and O–H groups in total. The van der Waals surface area contributed by atoms with Gasteiger partial charge in [0, 0.05) is 0 Å². The number of nitrogen functional groups attached to an aromatic ring is 1. The van der Waals surface area contributed by atoms with Gasteiger partial charge in [-0.2, -0.15) is 0 Å². The van der Waals surface area contributed by atoms with Crippen molar-refractivity contribution in [1.29, 1.82) is 0 Å². The maximum Gasteiger partial charge on any atom is 0.306 e. The Morgan fingerprint density at radius 1 is 1.50 bits per heavy atom. The van der Waals surface area contributed by atoms with Crippen LogP contribution in [0.1, 0.15) is 44.6 Å². The van der Waals surface area contributed by atoms with Crippen molar-refractivity contribution in [3.63, 3.8) is 0 Å². The summed E-state index contributed by atoms with van der Waals surface area (Å²) in [4.78, 5) is 11.6. The molecule has 1 aromatic carbocycles.